The van der Waals surface area contributed by atoms with Crippen LogP contribution in [0.4, 0.5) is 0 Å². The monoisotopic (exact) mass is 319 g/mol. The minimum Gasteiger partial charge on any atom is -0.380 e. The molecule has 20 heavy (non-hydrogen) atoms. The predicted molar refractivity (Wildman–Crippen MR) is 77.5 cm³/mol. The number of carbonyl (C=O) groups is 1. The third kappa shape index (κ3) is 5.90. The van der Waals surface area contributed by atoms with Gasteiger partial charge in [-0.05, 0) is 30.7 Å². The average Bonchev–Trinajstić information content (AvgIpc) is 2.41. The molecule has 0 unspecified atom stereocenters. The van der Waals surface area contributed by atoms with Crippen LogP contribution in [-0.2, 0) is 13.8 Å². The van der Waals surface area contributed by atoms with E-state index in [0.29, 0.717) is 25.3 Å². The highest BCUT2D eigenvalue weighted by molar-refractivity contribution is 8.13. The fourth-order valence-corrected chi connectivity index (χ4v) is 2.23. The molecule has 0 spiro atoms. The highest BCUT2D eigenvalue weighted by Gasteiger charge is 2.11. The lowest BCUT2D eigenvalue weighted by molar-refractivity contribution is 0.0912. The molecule has 0 aliphatic carbocycles. The zero-order chi connectivity index (χ0) is 15.0. The summed E-state index contributed by atoms with van der Waals surface area (Å²) in [6.45, 7) is 3.64. The first-order valence-electron chi connectivity index (χ1n) is 6.36. The van der Waals surface area contributed by atoms with Gasteiger partial charge >= 0.3 is 0 Å². The zero-order valence-electron chi connectivity index (χ0n) is 11.3. The molecule has 0 radical (unpaired) electrons. The Bertz CT molecular complexity index is 528. The van der Waals surface area contributed by atoms with Crippen LogP contribution < -0.4 is 5.32 Å². The number of ether oxygens (including phenoxy) is 1. The van der Waals surface area contributed by atoms with Crippen LogP contribution in [0.15, 0.2) is 29.2 Å². The summed E-state index contributed by atoms with van der Waals surface area (Å²) < 4.78 is 27.4. The molecule has 112 valence electrons. The molecule has 0 aliphatic rings. The summed E-state index contributed by atoms with van der Waals surface area (Å²) in [7, 11) is 1.44. The average molecular weight is 320 g/mol. The fraction of sp³-hybridized carbons (Fsp3) is 0.462. The summed E-state index contributed by atoms with van der Waals surface area (Å²) in [5.41, 5.74) is 0.377. The zero-order valence-corrected chi connectivity index (χ0v) is 12.8. The normalized spacial score (nSPS) is 11.3. The van der Waals surface area contributed by atoms with Gasteiger partial charge in [-0.25, -0.2) is 8.42 Å². The molecule has 0 saturated heterocycles. The van der Waals surface area contributed by atoms with Gasteiger partial charge in [0.1, 0.15) is 0 Å². The van der Waals surface area contributed by atoms with Crippen LogP contribution in [0, 0.1) is 0 Å². The van der Waals surface area contributed by atoms with Crippen molar-refractivity contribution in [1.29, 1.82) is 0 Å². The SMILES string of the molecule is CCCCOCCNC(=O)c1ccc(S(=O)(=O)Cl)cc1. The molecule has 1 amide bonds. The molecule has 0 atom stereocenters. The second kappa shape index (κ2) is 8.24. The van der Waals surface area contributed by atoms with E-state index in [-0.39, 0.29) is 10.8 Å². The summed E-state index contributed by atoms with van der Waals surface area (Å²) in [5, 5.41) is 2.69. The third-order valence-electron chi connectivity index (χ3n) is 2.57. The van der Waals surface area contributed by atoms with Gasteiger partial charge in [0.15, 0.2) is 0 Å². The van der Waals surface area contributed by atoms with Gasteiger partial charge in [-0.3, -0.25) is 4.79 Å². The third-order valence-corrected chi connectivity index (χ3v) is 3.94. The van der Waals surface area contributed by atoms with E-state index >= 15 is 0 Å². The molecule has 0 bridgehead atoms. The summed E-state index contributed by atoms with van der Waals surface area (Å²) >= 11 is 0. The molecule has 0 fully saturated rings. The Morgan fingerprint density at radius 1 is 1.25 bits per heavy atom. The Hall–Kier alpha value is -1.11. The number of hydrogen-bond acceptors (Lipinski definition) is 4. The van der Waals surface area contributed by atoms with E-state index in [9.17, 15) is 13.2 Å². The molecule has 5 nitrogen and oxygen atoms in total. The number of benzene rings is 1. The number of rotatable bonds is 8. The van der Waals surface area contributed by atoms with Crippen LogP contribution in [0.25, 0.3) is 0 Å². The fourth-order valence-electron chi connectivity index (χ4n) is 1.46. The smallest absolute Gasteiger partial charge is 0.261 e. The summed E-state index contributed by atoms with van der Waals surface area (Å²) in [6.07, 6.45) is 2.07. The van der Waals surface area contributed by atoms with Crippen molar-refractivity contribution in [1.82, 2.24) is 5.32 Å². The molecule has 7 heteroatoms. The van der Waals surface area contributed by atoms with Gasteiger partial charge in [0, 0.05) is 29.4 Å². The molecular weight excluding hydrogens is 302 g/mol. The second-order valence-electron chi connectivity index (χ2n) is 4.18. The van der Waals surface area contributed by atoms with Gasteiger partial charge in [-0.1, -0.05) is 13.3 Å². The largest absolute Gasteiger partial charge is 0.380 e. The van der Waals surface area contributed by atoms with Gasteiger partial charge < -0.3 is 10.1 Å². The number of unbranched alkanes of at least 4 members (excludes halogenated alkanes) is 1. The molecule has 1 N–H and O–H groups in total. The van der Waals surface area contributed by atoms with Crippen LogP contribution in [0.3, 0.4) is 0 Å². The van der Waals surface area contributed by atoms with E-state index in [1.54, 1.807) is 0 Å². The Balaban J connectivity index is 2.40. The van der Waals surface area contributed by atoms with E-state index in [1.807, 2.05) is 0 Å². The minimum atomic E-state index is -3.75. The van der Waals surface area contributed by atoms with E-state index in [4.69, 9.17) is 15.4 Å². The van der Waals surface area contributed by atoms with Crippen LogP contribution in [-0.4, -0.2) is 34.1 Å². The van der Waals surface area contributed by atoms with Crippen molar-refractivity contribution in [3.63, 3.8) is 0 Å². The molecule has 0 aromatic heterocycles. The number of carbonyl (C=O) groups excluding carboxylic acids is 1. The van der Waals surface area contributed by atoms with E-state index in [0.717, 1.165) is 12.8 Å². The van der Waals surface area contributed by atoms with Crippen molar-refractivity contribution in [3.8, 4) is 0 Å². The molecule has 1 aromatic carbocycles. The van der Waals surface area contributed by atoms with Gasteiger partial charge in [0.25, 0.3) is 15.0 Å². The van der Waals surface area contributed by atoms with Crippen LogP contribution in [0.1, 0.15) is 30.1 Å². The van der Waals surface area contributed by atoms with Gasteiger partial charge in [0.05, 0.1) is 11.5 Å². The Morgan fingerprint density at radius 3 is 2.45 bits per heavy atom. The first-order chi connectivity index (χ1) is 9.45. The summed E-state index contributed by atoms with van der Waals surface area (Å²) in [6, 6.07) is 5.44. The van der Waals surface area contributed by atoms with Gasteiger partial charge in [-0.2, -0.15) is 0 Å². The molecule has 1 rings (SSSR count). The maximum atomic E-state index is 11.7. The molecule has 0 saturated carbocycles. The van der Waals surface area contributed by atoms with E-state index < -0.39 is 9.05 Å². The lowest BCUT2D eigenvalue weighted by atomic mass is 10.2. The Labute approximate surface area is 123 Å². The predicted octanol–water partition coefficient (Wildman–Crippen LogP) is 2.16. The minimum absolute atomic E-state index is 0.0291. The number of halogens is 1. The lowest BCUT2D eigenvalue weighted by Crippen LogP contribution is -2.27. The quantitative estimate of drug-likeness (QED) is 0.588. The Morgan fingerprint density at radius 2 is 1.90 bits per heavy atom. The maximum absolute atomic E-state index is 11.7. The molecule has 0 aliphatic heterocycles. The van der Waals surface area contributed by atoms with Gasteiger partial charge in [-0.15, -0.1) is 0 Å². The molecule has 0 heterocycles. The number of nitrogens with one attached hydrogen (secondary N) is 1. The van der Waals surface area contributed by atoms with Gasteiger partial charge in [0.2, 0.25) is 0 Å². The van der Waals surface area contributed by atoms with Crippen molar-refractivity contribution in [2.75, 3.05) is 19.8 Å². The second-order valence-corrected chi connectivity index (χ2v) is 6.75. The first-order valence-corrected chi connectivity index (χ1v) is 8.66. The standard InChI is InChI=1S/C13H18ClNO4S/c1-2-3-9-19-10-8-15-13(16)11-4-6-12(7-5-11)20(14,17)18/h4-7H,2-3,8-10H2,1H3,(H,15,16). The van der Waals surface area contributed by atoms with Crippen LogP contribution in [0.5, 0.6) is 0 Å². The first kappa shape index (κ1) is 16.9. The van der Waals surface area contributed by atoms with Crippen molar-refractivity contribution < 1.29 is 17.9 Å². The molecular formula is C13H18ClNO4S. The van der Waals surface area contributed by atoms with Crippen molar-refractivity contribution in [2.24, 2.45) is 0 Å². The number of hydrogen-bond donors (Lipinski definition) is 1. The molecule has 1 aromatic rings. The van der Waals surface area contributed by atoms with E-state index in [2.05, 4.69) is 12.2 Å². The topological polar surface area (TPSA) is 72.5 Å². The highest BCUT2D eigenvalue weighted by Crippen LogP contribution is 2.15. The van der Waals surface area contributed by atoms with Crippen molar-refractivity contribution in [2.45, 2.75) is 24.7 Å². The highest BCUT2D eigenvalue weighted by atomic mass is 35.7. The summed E-state index contributed by atoms with van der Waals surface area (Å²) in [4.78, 5) is 11.7. The van der Waals surface area contributed by atoms with Crippen molar-refractivity contribution >= 4 is 25.6 Å². The summed E-state index contributed by atoms with van der Waals surface area (Å²) in [5.74, 6) is -0.275. The lowest BCUT2D eigenvalue weighted by Gasteiger charge is -2.06. The van der Waals surface area contributed by atoms with Crippen LogP contribution in [0.2, 0.25) is 0 Å². The van der Waals surface area contributed by atoms with Crippen LogP contribution >= 0.6 is 10.7 Å². The number of amides is 1. The Kier molecular flexibility index (Phi) is 6.98. The van der Waals surface area contributed by atoms with Crippen molar-refractivity contribution in [3.05, 3.63) is 29.8 Å². The van der Waals surface area contributed by atoms with E-state index in [1.165, 1.54) is 24.3 Å². The maximum Gasteiger partial charge on any atom is 0.261 e.